The van der Waals surface area contributed by atoms with E-state index in [0.717, 1.165) is 17.7 Å². The van der Waals surface area contributed by atoms with Gasteiger partial charge in [-0.15, -0.1) is 12.4 Å². The highest BCUT2D eigenvalue weighted by molar-refractivity contribution is 5.85. The maximum Gasteiger partial charge on any atom is 0.0404 e. The highest BCUT2D eigenvalue weighted by Crippen LogP contribution is 2.00. The summed E-state index contributed by atoms with van der Waals surface area (Å²) in [6, 6.07) is 3.99. The highest BCUT2D eigenvalue weighted by atomic mass is 35.5. The Morgan fingerprint density at radius 3 is 2.82 bits per heavy atom. The van der Waals surface area contributed by atoms with Crippen LogP contribution in [0.2, 0.25) is 0 Å². The maximum absolute atomic E-state index is 5.45. The molecule has 0 unspecified atom stereocenters. The highest BCUT2D eigenvalue weighted by Gasteiger charge is 1.91. The summed E-state index contributed by atoms with van der Waals surface area (Å²) < 4.78 is 0. The quantitative estimate of drug-likeness (QED) is 0.735. The largest absolute Gasteiger partial charge is 0.326 e. The van der Waals surface area contributed by atoms with Gasteiger partial charge in [0.2, 0.25) is 0 Å². The zero-order chi connectivity index (χ0) is 7.40. The number of hydrogen-bond acceptors (Lipinski definition) is 2. The lowest BCUT2D eigenvalue weighted by molar-refractivity contribution is 0.990. The third-order valence-corrected chi connectivity index (χ3v) is 1.48. The van der Waals surface area contributed by atoms with Gasteiger partial charge in [-0.25, -0.2) is 0 Å². The summed E-state index contributed by atoms with van der Waals surface area (Å²) in [7, 11) is 0. The number of halogens is 1. The van der Waals surface area contributed by atoms with Crippen molar-refractivity contribution in [1.29, 1.82) is 0 Å². The molecule has 0 saturated heterocycles. The fourth-order valence-electron chi connectivity index (χ4n) is 0.848. The van der Waals surface area contributed by atoms with E-state index >= 15 is 0 Å². The molecule has 0 aromatic carbocycles. The summed E-state index contributed by atoms with van der Waals surface area (Å²) >= 11 is 0. The number of pyridine rings is 1. The molecule has 11 heavy (non-hydrogen) atoms. The Labute approximate surface area is 73.2 Å². The topological polar surface area (TPSA) is 38.9 Å². The van der Waals surface area contributed by atoms with Crippen LogP contribution in [0.3, 0.4) is 0 Å². The van der Waals surface area contributed by atoms with Crippen molar-refractivity contribution in [3.8, 4) is 0 Å². The van der Waals surface area contributed by atoms with Crippen LogP contribution in [-0.2, 0) is 13.0 Å². The predicted octanol–water partition coefficient (Wildman–Crippen LogP) is 1.52. The Morgan fingerprint density at radius 2 is 2.27 bits per heavy atom. The molecule has 1 aromatic rings. The number of nitrogens with two attached hydrogens (primary N) is 1. The van der Waals surface area contributed by atoms with Crippen molar-refractivity contribution in [2.75, 3.05) is 0 Å². The number of rotatable bonds is 2. The summed E-state index contributed by atoms with van der Waals surface area (Å²) in [5, 5.41) is 0. The number of aryl methyl sites for hydroxylation is 1. The molecule has 0 saturated carbocycles. The van der Waals surface area contributed by atoms with Gasteiger partial charge in [-0.1, -0.05) is 6.92 Å². The summed E-state index contributed by atoms with van der Waals surface area (Å²) in [4.78, 5) is 4.15. The lowest BCUT2D eigenvalue weighted by Gasteiger charge is -1.97. The van der Waals surface area contributed by atoms with Crippen molar-refractivity contribution in [3.63, 3.8) is 0 Å². The zero-order valence-electron chi connectivity index (χ0n) is 6.58. The van der Waals surface area contributed by atoms with Crippen molar-refractivity contribution < 1.29 is 0 Å². The van der Waals surface area contributed by atoms with Gasteiger partial charge in [0, 0.05) is 18.4 Å². The first kappa shape index (κ1) is 10.4. The maximum atomic E-state index is 5.45. The van der Waals surface area contributed by atoms with E-state index in [2.05, 4.69) is 11.9 Å². The van der Waals surface area contributed by atoms with Crippen LogP contribution in [0.15, 0.2) is 18.3 Å². The monoisotopic (exact) mass is 172 g/mol. The molecule has 0 fully saturated rings. The number of hydrogen-bond donors (Lipinski definition) is 1. The van der Waals surface area contributed by atoms with Crippen LogP contribution in [0.4, 0.5) is 0 Å². The number of nitrogens with zero attached hydrogens (tertiary/aromatic N) is 1. The number of aromatic nitrogens is 1. The molecule has 0 radical (unpaired) electrons. The van der Waals surface area contributed by atoms with Gasteiger partial charge in [-0.3, -0.25) is 4.98 Å². The first-order chi connectivity index (χ1) is 4.86. The van der Waals surface area contributed by atoms with Crippen LogP contribution in [0.25, 0.3) is 0 Å². The Balaban J connectivity index is 0.000001000. The molecule has 1 rings (SSSR count). The third-order valence-electron chi connectivity index (χ3n) is 1.48. The minimum absolute atomic E-state index is 0. The van der Waals surface area contributed by atoms with Crippen LogP contribution in [0, 0.1) is 0 Å². The first-order valence-corrected chi connectivity index (χ1v) is 3.50. The molecule has 0 bridgehead atoms. The van der Waals surface area contributed by atoms with Crippen LogP contribution < -0.4 is 5.73 Å². The molecule has 0 aliphatic rings. The van der Waals surface area contributed by atoms with Gasteiger partial charge in [0.25, 0.3) is 0 Å². The Bertz CT molecular complexity index is 194. The Morgan fingerprint density at radius 1 is 1.55 bits per heavy atom. The van der Waals surface area contributed by atoms with Gasteiger partial charge in [-0.2, -0.15) is 0 Å². The van der Waals surface area contributed by atoms with Gasteiger partial charge in [0.1, 0.15) is 0 Å². The molecular weight excluding hydrogens is 160 g/mol. The van der Waals surface area contributed by atoms with E-state index in [1.807, 2.05) is 12.1 Å². The van der Waals surface area contributed by atoms with E-state index in [1.165, 1.54) is 0 Å². The molecule has 2 N–H and O–H groups in total. The van der Waals surface area contributed by atoms with E-state index in [1.54, 1.807) is 6.20 Å². The Hall–Kier alpha value is -0.600. The molecule has 0 aliphatic carbocycles. The summed E-state index contributed by atoms with van der Waals surface area (Å²) in [5.74, 6) is 0. The second kappa shape index (κ2) is 5.10. The van der Waals surface area contributed by atoms with E-state index < -0.39 is 0 Å². The van der Waals surface area contributed by atoms with Crippen LogP contribution in [0.5, 0.6) is 0 Å². The van der Waals surface area contributed by atoms with Crippen LogP contribution >= 0.6 is 12.4 Å². The smallest absolute Gasteiger partial charge is 0.0404 e. The second-order valence-corrected chi connectivity index (χ2v) is 2.21. The molecular formula is C8H13ClN2. The van der Waals surface area contributed by atoms with Crippen molar-refractivity contribution >= 4 is 12.4 Å². The van der Waals surface area contributed by atoms with Crippen molar-refractivity contribution in [2.45, 2.75) is 19.9 Å². The van der Waals surface area contributed by atoms with Gasteiger partial charge in [0.15, 0.2) is 0 Å². The van der Waals surface area contributed by atoms with Crippen molar-refractivity contribution in [1.82, 2.24) is 4.98 Å². The fraction of sp³-hybridized carbons (Fsp3) is 0.375. The summed E-state index contributed by atoms with van der Waals surface area (Å²) in [6.45, 7) is 2.69. The minimum atomic E-state index is 0. The standard InChI is InChI=1S/C8H12N2.ClH/c1-2-8-5-7(6-9)3-4-10-8;/h3-5H,2,6,9H2,1H3;1H. The van der Waals surface area contributed by atoms with Crippen LogP contribution in [0.1, 0.15) is 18.2 Å². The van der Waals surface area contributed by atoms with E-state index in [4.69, 9.17) is 5.73 Å². The molecule has 62 valence electrons. The fourth-order valence-corrected chi connectivity index (χ4v) is 0.848. The molecule has 0 aliphatic heterocycles. The predicted molar refractivity (Wildman–Crippen MR) is 48.8 cm³/mol. The van der Waals surface area contributed by atoms with Gasteiger partial charge in [0.05, 0.1) is 0 Å². The average Bonchev–Trinajstić information content (AvgIpc) is 2.05. The second-order valence-electron chi connectivity index (χ2n) is 2.21. The normalized spacial score (nSPS) is 8.91. The molecule has 1 heterocycles. The Kier molecular flexibility index (Phi) is 4.83. The van der Waals surface area contributed by atoms with Gasteiger partial charge < -0.3 is 5.73 Å². The SMILES string of the molecule is CCc1cc(CN)ccn1.Cl. The zero-order valence-corrected chi connectivity index (χ0v) is 7.40. The lowest BCUT2D eigenvalue weighted by atomic mass is 10.2. The third kappa shape index (κ3) is 2.87. The summed E-state index contributed by atoms with van der Waals surface area (Å²) in [5.41, 5.74) is 7.72. The lowest BCUT2D eigenvalue weighted by Crippen LogP contribution is -1.97. The molecule has 2 nitrogen and oxygen atoms in total. The molecule has 1 aromatic heterocycles. The van der Waals surface area contributed by atoms with Gasteiger partial charge >= 0.3 is 0 Å². The van der Waals surface area contributed by atoms with E-state index in [-0.39, 0.29) is 12.4 Å². The van der Waals surface area contributed by atoms with Crippen molar-refractivity contribution in [3.05, 3.63) is 29.6 Å². The summed E-state index contributed by atoms with van der Waals surface area (Å²) in [6.07, 6.45) is 2.79. The van der Waals surface area contributed by atoms with E-state index in [9.17, 15) is 0 Å². The van der Waals surface area contributed by atoms with Gasteiger partial charge in [-0.05, 0) is 24.1 Å². The average molecular weight is 173 g/mol. The van der Waals surface area contributed by atoms with Crippen LogP contribution in [-0.4, -0.2) is 4.98 Å². The molecule has 3 heteroatoms. The first-order valence-electron chi connectivity index (χ1n) is 3.50. The molecule has 0 spiro atoms. The molecule has 0 atom stereocenters. The van der Waals surface area contributed by atoms with Crippen molar-refractivity contribution in [2.24, 2.45) is 5.73 Å². The van der Waals surface area contributed by atoms with E-state index in [0.29, 0.717) is 6.54 Å². The minimum Gasteiger partial charge on any atom is -0.326 e. The molecule has 0 amide bonds.